The molecule has 0 saturated heterocycles. The van der Waals surface area contributed by atoms with Gasteiger partial charge in [0.2, 0.25) is 0 Å². The fourth-order valence-corrected chi connectivity index (χ4v) is 1.61. The van der Waals surface area contributed by atoms with E-state index in [4.69, 9.17) is 0 Å². The average Bonchev–Trinajstić information content (AvgIpc) is 2.79. The lowest BCUT2D eigenvalue weighted by molar-refractivity contribution is 0.602. The molecule has 4 heteroatoms. The van der Waals surface area contributed by atoms with E-state index in [0.717, 1.165) is 17.8 Å². The molecule has 0 N–H and O–H groups in total. The van der Waals surface area contributed by atoms with Crippen LogP contribution in [-0.2, 0) is 6.54 Å². The third kappa shape index (κ3) is 2.66. The topological polar surface area (TPSA) is 43.6 Å². The summed E-state index contributed by atoms with van der Waals surface area (Å²) in [5.41, 5.74) is 1.91. The van der Waals surface area contributed by atoms with Crippen molar-refractivity contribution >= 4 is 0 Å². The summed E-state index contributed by atoms with van der Waals surface area (Å²) in [6.45, 7) is 3.25. The molecule has 0 spiro atoms. The summed E-state index contributed by atoms with van der Waals surface area (Å²) in [4.78, 5) is 12.3. The molecule has 0 aliphatic rings. The zero-order chi connectivity index (χ0) is 11.2. The van der Waals surface area contributed by atoms with Crippen LogP contribution in [0.4, 0.5) is 0 Å². The van der Waals surface area contributed by atoms with Crippen LogP contribution in [0, 0.1) is 0 Å². The molecule has 0 aliphatic heterocycles. The zero-order valence-corrected chi connectivity index (χ0v) is 9.50. The number of hydrogen-bond donors (Lipinski definition) is 0. The van der Waals surface area contributed by atoms with Gasteiger partial charge in [-0.2, -0.15) is 0 Å². The Morgan fingerprint density at radius 3 is 2.75 bits per heavy atom. The smallest absolute Gasteiger partial charge is 0.115 e. The van der Waals surface area contributed by atoms with Gasteiger partial charge in [-0.25, -0.2) is 15.0 Å². The average molecular weight is 216 g/mol. The Hall–Kier alpha value is -1.71. The summed E-state index contributed by atoms with van der Waals surface area (Å²) >= 11 is 0. The number of aryl methyl sites for hydroxylation is 1. The Bertz CT molecular complexity index is 422. The minimum Gasteiger partial charge on any atom is -0.337 e. The highest BCUT2D eigenvalue weighted by Crippen LogP contribution is 2.14. The van der Waals surface area contributed by atoms with Crippen LogP contribution in [0.5, 0.6) is 0 Å². The van der Waals surface area contributed by atoms with Gasteiger partial charge in [0, 0.05) is 30.7 Å². The molecule has 4 nitrogen and oxygen atoms in total. The lowest BCUT2D eigenvalue weighted by atomic mass is 10.2. The van der Waals surface area contributed by atoms with Crippen LogP contribution in [0.3, 0.4) is 0 Å². The molecule has 2 rings (SSSR count). The fourth-order valence-electron chi connectivity index (χ4n) is 1.61. The second-order valence-electron chi connectivity index (χ2n) is 3.83. The van der Waals surface area contributed by atoms with Crippen LogP contribution < -0.4 is 0 Å². The van der Waals surface area contributed by atoms with Gasteiger partial charge in [0.25, 0.3) is 0 Å². The van der Waals surface area contributed by atoms with Crippen LogP contribution in [0.25, 0.3) is 11.3 Å². The van der Waals surface area contributed by atoms with E-state index in [1.54, 1.807) is 12.4 Å². The minimum absolute atomic E-state index is 0.942. The highest BCUT2D eigenvalue weighted by Gasteiger charge is 2.01. The molecule has 0 radical (unpaired) electrons. The highest BCUT2D eigenvalue weighted by atomic mass is 15.0. The maximum Gasteiger partial charge on any atom is 0.115 e. The predicted molar refractivity (Wildman–Crippen MR) is 62.8 cm³/mol. The number of nitrogens with zero attached hydrogens (tertiary/aromatic N) is 4. The first-order valence-corrected chi connectivity index (χ1v) is 5.67. The summed E-state index contributed by atoms with van der Waals surface area (Å²) in [5.74, 6) is 0. The van der Waals surface area contributed by atoms with Crippen molar-refractivity contribution < 1.29 is 0 Å². The van der Waals surface area contributed by atoms with Crippen molar-refractivity contribution in [2.45, 2.75) is 32.7 Å². The Balaban J connectivity index is 2.02. The van der Waals surface area contributed by atoms with Gasteiger partial charge in [-0.3, -0.25) is 0 Å². The van der Waals surface area contributed by atoms with Crippen molar-refractivity contribution in [2.24, 2.45) is 0 Å². The van der Waals surface area contributed by atoms with E-state index in [0.29, 0.717) is 0 Å². The summed E-state index contributed by atoms with van der Waals surface area (Å²) < 4.78 is 2.12. The summed E-state index contributed by atoms with van der Waals surface area (Å²) in [6.07, 6.45) is 12.7. The number of unbranched alkanes of at least 4 members (excludes halogenated alkanes) is 2. The molecule has 0 aromatic carbocycles. The van der Waals surface area contributed by atoms with Crippen LogP contribution in [0.15, 0.2) is 31.2 Å². The Kier molecular flexibility index (Phi) is 3.64. The SMILES string of the molecule is CCCCCn1cnc(-c2cncnc2)c1. The van der Waals surface area contributed by atoms with Gasteiger partial charge in [-0.15, -0.1) is 0 Å². The van der Waals surface area contributed by atoms with Crippen molar-refractivity contribution in [1.29, 1.82) is 0 Å². The van der Waals surface area contributed by atoms with Crippen molar-refractivity contribution in [3.8, 4) is 11.3 Å². The van der Waals surface area contributed by atoms with E-state index in [1.807, 2.05) is 12.5 Å². The second-order valence-corrected chi connectivity index (χ2v) is 3.83. The molecule has 2 aromatic rings. The van der Waals surface area contributed by atoms with Gasteiger partial charge in [0.15, 0.2) is 0 Å². The molecule has 0 fully saturated rings. The molecule has 2 heterocycles. The van der Waals surface area contributed by atoms with Crippen LogP contribution in [-0.4, -0.2) is 19.5 Å². The molecule has 0 atom stereocenters. The number of rotatable bonds is 5. The quantitative estimate of drug-likeness (QED) is 0.721. The first kappa shape index (κ1) is 10.8. The lowest BCUT2D eigenvalue weighted by Crippen LogP contribution is -1.93. The van der Waals surface area contributed by atoms with Gasteiger partial charge >= 0.3 is 0 Å². The van der Waals surface area contributed by atoms with Gasteiger partial charge in [-0.1, -0.05) is 19.8 Å². The van der Waals surface area contributed by atoms with Crippen molar-refractivity contribution in [3.63, 3.8) is 0 Å². The maximum atomic E-state index is 4.35. The van der Waals surface area contributed by atoms with E-state index in [1.165, 1.54) is 25.6 Å². The van der Waals surface area contributed by atoms with Gasteiger partial charge in [0.1, 0.15) is 6.33 Å². The van der Waals surface area contributed by atoms with Gasteiger partial charge in [0.05, 0.1) is 12.0 Å². The molecular weight excluding hydrogens is 200 g/mol. The summed E-state index contributed by atoms with van der Waals surface area (Å²) in [6, 6.07) is 0. The Morgan fingerprint density at radius 1 is 1.19 bits per heavy atom. The molecular formula is C12H16N4. The van der Waals surface area contributed by atoms with E-state index < -0.39 is 0 Å². The molecule has 16 heavy (non-hydrogen) atoms. The molecule has 2 aromatic heterocycles. The molecule has 0 aliphatic carbocycles. The van der Waals surface area contributed by atoms with Crippen molar-refractivity contribution in [1.82, 2.24) is 19.5 Å². The van der Waals surface area contributed by atoms with Crippen molar-refractivity contribution in [3.05, 3.63) is 31.2 Å². The minimum atomic E-state index is 0.942. The van der Waals surface area contributed by atoms with Crippen LogP contribution >= 0.6 is 0 Å². The van der Waals surface area contributed by atoms with Crippen molar-refractivity contribution in [2.75, 3.05) is 0 Å². The van der Waals surface area contributed by atoms with Gasteiger partial charge < -0.3 is 4.57 Å². The molecule has 0 unspecified atom stereocenters. The Labute approximate surface area is 95.4 Å². The molecule has 0 amide bonds. The first-order chi connectivity index (χ1) is 7.90. The third-order valence-corrected chi connectivity index (χ3v) is 2.51. The van der Waals surface area contributed by atoms with Gasteiger partial charge in [-0.05, 0) is 6.42 Å². The molecule has 84 valence electrons. The zero-order valence-electron chi connectivity index (χ0n) is 9.50. The standard InChI is InChI=1S/C12H16N4/c1-2-3-4-5-16-8-12(15-10-16)11-6-13-9-14-7-11/h6-10H,2-5H2,1H3. The van der Waals surface area contributed by atoms with E-state index in [2.05, 4.69) is 26.4 Å². The van der Waals surface area contributed by atoms with Crippen LogP contribution in [0.2, 0.25) is 0 Å². The van der Waals surface area contributed by atoms with E-state index in [9.17, 15) is 0 Å². The number of imidazole rings is 1. The summed E-state index contributed by atoms with van der Waals surface area (Å²) in [7, 11) is 0. The normalized spacial score (nSPS) is 10.6. The third-order valence-electron chi connectivity index (χ3n) is 2.51. The predicted octanol–water partition coefficient (Wildman–Crippen LogP) is 2.53. The van der Waals surface area contributed by atoms with E-state index >= 15 is 0 Å². The second kappa shape index (κ2) is 5.39. The maximum absolute atomic E-state index is 4.35. The molecule has 0 saturated carbocycles. The highest BCUT2D eigenvalue weighted by molar-refractivity contribution is 5.55. The van der Waals surface area contributed by atoms with Crippen LogP contribution in [0.1, 0.15) is 26.2 Å². The summed E-state index contributed by atoms with van der Waals surface area (Å²) in [5, 5.41) is 0. The molecule has 0 bridgehead atoms. The first-order valence-electron chi connectivity index (χ1n) is 5.67. The largest absolute Gasteiger partial charge is 0.337 e. The Morgan fingerprint density at radius 2 is 2.00 bits per heavy atom. The lowest BCUT2D eigenvalue weighted by Gasteiger charge is -1.99. The van der Waals surface area contributed by atoms with E-state index in [-0.39, 0.29) is 0 Å². The fraction of sp³-hybridized carbons (Fsp3) is 0.417. The monoisotopic (exact) mass is 216 g/mol. The number of aromatic nitrogens is 4. The number of hydrogen-bond acceptors (Lipinski definition) is 3.